The number of benzene rings is 6. The standard InChI is InChI=1S/C48H49N3O6/c1-33(46(53)37-11-5-3-6-12-37)51(2)31-43-29-45(36-19-17-34(32-52)18-20-36)57-47(56-43)38-23-21-35(22-24-38)44-16-10-9-13-39(44)30-49-48(54)50-40-25-27-42(28-26-40)55-41-14-7-4-8-15-41/h3-28,33,43,45-47,52-53H,29-32H2,1-2H3,(H2,49,50,54)/t33-,43-,45+,46-,47+/m0/s1. The summed E-state index contributed by atoms with van der Waals surface area (Å²) in [4.78, 5) is 15.1. The van der Waals surface area contributed by atoms with Crippen LogP contribution in [0.3, 0.4) is 0 Å². The summed E-state index contributed by atoms with van der Waals surface area (Å²) < 4.78 is 19.1. The zero-order valence-corrected chi connectivity index (χ0v) is 32.2. The second-order valence-corrected chi connectivity index (χ2v) is 14.4. The second kappa shape index (κ2) is 18.9. The molecule has 0 unspecified atom stereocenters. The van der Waals surface area contributed by atoms with Crippen molar-refractivity contribution in [3.8, 4) is 22.6 Å². The molecule has 1 aliphatic rings. The van der Waals surface area contributed by atoms with Gasteiger partial charge in [-0.25, -0.2) is 4.79 Å². The molecule has 6 aromatic carbocycles. The maximum Gasteiger partial charge on any atom is 0.319 e. The van der Waals surface area contributed by atoms with Gasteiger partial charge in [-0.15, -0.1) is 0 Å². The molecule has 1 aliphatic heterocycles. The fraction of sp³-hybridized carbons (Fsp3) is 0.229. The Kier molecular flexibility index (Phi) is 13.1. The zero-order valence-electron chi connectivity index (χ0n) is 32.2. The normalized spacial score (nSPS) is 17.7. The molecular formula is C48H49N3O6. The van der Waals surface area contributed by atoms with Gasteiger partial charge in [-0.2, -0.15) is 0 Å². The van der Waals surface area contributed by atoms with Crippen LogP contribution in [0.1, 0.15) is 59.7 Å². The molecule has 0 radical (unpaired) electrons. The number of anilines is 1. The van der Waals surface area contributed by atoms with Crippen LogP contribution in [0.2, 0.25) is 0 Å². The van der Waals surface area contributed by atoms with E-state index in [2.05, 4.69) is 27.7 Å². The second-order valence-electron chi connectivity index (χ2n) is 14.4. The van der Waals surface area contributed by atoms with Crippen molar-refractivity contribution < 1.29 is 29.2 Å². The number of urea groups is 1. The van der Waals surface area contributed by atoms with Crippen LogP contribution in [-0.4, -0.2) is 46.9 Å². The first-order valence-electron chi connectivity index (χ1n) is 19.3. The van der Waals surface area contributed by atoms with Crippen LogP contribution in [-0.2, 0) is 22.6 Å². The minimum Gasteiger partial charge on any atom is -0.457 e. The molecular weight excluding hydrogens is 715 g/mol. The summed E-state index contributed by atoms with van der Waals surface area (Å²) >= 11 is 0. The molecule has 0 aromatic heterocycles. The fourth-order valence-electron chi connectivity index (χ4n) is 7.05. The van der Waals surface area contributed by atoms with Gasteiger partial charge >= 0.3 is 6.03 Å². The Morgan fingerprint density at radius 1 is 0.772 bits per heavy atom. The summed E-state index contributed by atoms with van der Waals surface area (Å²) in [6.45, 7) is 2.93. The number of aliphatic hydroxyl groups excluding tert-OH is 2. The van der Waals surface area contributed by atoms with E-state index in [9.17, 15) is 15.0 Å². The van der Waals surface area contributed by atoms with Gasteiger partial charge in [0.25, 0.3) is 0 Å². The molecule has 9 nitrogen and oxygen atoms in total. The lowest BCUT2D eigenvalue weighted by atomic mass is 9.97. The number of aliphatic hydroxyl groups is 2. The topological polar surface area (TPSA) is 113 Å². The van der Waals surface area contributed by atoms with Gasteiger partial charge in [0.1, 0.15) is 11.5 Å². The molecule has 6 aromatic rings. The molecule has 5 atom stereocenters. The van der Waals surface area contributed by atoms with E-state index in [0.29, 0.717) is 30.9 Å². The lowest BCUT2D eigenvalue weighted by Gasteiger charge is -2.39. The molecule has 0 bridgehead atoms. The van der Waals surface area contributed by atoms with Crippen molar-refractivity contribution in [2.45, 2.75) is 57.1 Å². The fourth-order valence-corrected chi connectivity index (χ4v) is 7.05. The lowest BCUT2D eigenvalue weighted by Crippen LogP contribution is -2.43. The van der Waals surface area contributed by atoms with Crippen LogP contribution in [0.5, 0.6) is 11.5 Å². The Hall–Kier alpha value is -5.81. The highest BCUT2D eigenvalue weighted by Crippen LogP contribution is 2.39. The first-order chi connectivity index (χ1) is 27.8. The molecule has 7 rings (SSSR count). The summed E-state index contributed by atoms with van der Waals surface area (Å²) in [5, 5.41) is 26.7. The van der Waals surface area contributed by atoms with Crippen LogP contribution in [0.25, 0.3) is 11.1 Å². The van der Waals surface area contributed by atoms with Crippen molar-refractivity contribution in [3.05, 3.63) is 186 Å². The first kappa shape index (κ1) is 39.4. The average molecular weight is 764 g/mol. The Labute approximate surface area is 334 Å². The monoisotopic (exact) mass is 763 g/mol. The third-order valence-electron chi connectivity index (χ3n) is 10.4. The van der Waals surface area contributed by atoms with Gasteiger partial charge in [0.15, 0.2) is 6.29 Å². The minimum atomic E-state index is -0.646. The van der Waals surface area contributed by atoms with E-state index >= 15 is 0 Å². The largest absolute Gasteiger partial charge is 0.457 e. The summed E-state index contributed by atoms with van der Waals surface area (Å²) in [6.07, 6.45) is -1.05. The Balaban J connectivity index is 1.01. The number of amides is 2. The molecule has 57 heavy (non-hydrogen) atoms. The predicted molar refractivity (Wildman–Crippen MR) is 223 cm³/mol. The van der Waals surface area contributed by atoms with E-state index in [0.717, 1.165) is 44.7 Å². The molecule has 4 N–H and O–H groups in total. The highest BCUT2D eigenvalue weighted by Gasteiger charge is 2.34. The SMILES string of the molecule is C[C@@H]([C@H](O)c1ccccc1)N(C)C[C@@H]1C[C@H](c2ccc(CO)cc2)O[C@H](c2ccc(-c3ccccc3CNC(=O)Nc3ccc(Oc4ccccc4)cc3)cc2)O1. The average Bonchev–Trinajstić information content (AvgIpc) is 3.26. The van der Waals surface area contributed by atoms with Gasteiger partial charge in [-0.3, -0.25) is 4.90 Å². The van der Waals surface area contributed by atoms with Gasteiger partial charge in [-0.1, -0.05) is 121 Å². The minimum absolute atomic E-state index is 0.0220. The Morgan fingerprint density at radius 2 is 1.40 bits per heavy atom. The molecule has 292 valence electrons. The molecule has 1 heterocycles. The highest BCUT2D eigenvalue weighted by atomic mass is 16.7. The Bertz CT molecular complexity index is 2170. The quantitative estimate of drug-likeness (QED) is 0.0875. The van der Waals surface area contributed by atoms with Crippen molar-refractivity contribution in [2.24, 2.45) is 0 Å². The first-order valence-corrected chi connectivity index (χ1v) is 19.3. The number of hydrogen-bond donors (Lipinski definition) is 4. The van der Waals surface area contributed by atoms with Gasteiger partial charge in [-0.05, 0) is 83.8 Å². The van der Waals surface area contributed by atoms with Crippen molar-refractivity contribution >= 4 is 11.7 Å². The molecule has 9 heteroatoms. The van der Waals surface area contributed by atoms with E-state index in [1.807, 2.05) is 147 Å². The van der Waals surface area contributed by atoms with Crippen molar-refractivity contribution in [2.75, 3.05) is 18.9 Å². The van der Waals surface area contributed by atoms with Crippen molar-refractivity contribution in [1.29, 1.82) is 0 Å². The lowest BCUT2D eigenvalue weighted by molar-refractivity contribution is -0.253. The number of carbonyl (C=O) groups is 1. The molecule has 1 fully saturated rings. The van der Waals surface area contributed by atoms with E-state index in [1.165, 1.54) is 0 Å². The predicted octanol–water partition coefficient (Wildman–Crippen LogP) is 9.56. The summed E-state index contributed by atoms with van der Waals surface area (Å²) in [5.41, 5.74) is 7.25. The van der Waals surface area contributed by atoms with Crippen molar-refractivity contribution in [3.63, 3.8) is 0 Å². The third-order valence-corrected chi connectivity index (χ3v) is 10.4. The van der Waals surface area contributed by atoms with E-state index < -0.39 is 12.4 Å². The number of rotatable bonds is 14. The van der Waals surface area contributed by atoms with Crippen LogP contribution >= 0.6 is 0 Å². The summed E-state index contributed by atoms with van der Waals surface area (Å²) in [6, 6.07) is 50.1. The number of carbonyl (C=O) groups excluding carboxylic acids is 1. The molecule has 2 amide bonds. The van der Waals surface area contributed by atoms with Crippen LogP contribution in [0, 0.1) is 0 Å². The van der Waals surface area contributed by atoms with Gasteiger partial charge in [0.2, 0.25) is 0 Å². The van der Waals surface area contributed by atoms with Crippen LogP contribution in [0.4, 0.5) is 10.5 Å². The van der Waals surface area contributed by atoms with E-state index in [-0.39, 0.29) is 30.9 Å². The van der Waals surface area contributed by atoms with Gasteiger partial charge < -0.3 is 35.1 Å². The number of nitrogens with one attached hydrogen (secondary N) is 2. The van der Waals surface area contributed by atoms with E-state index in [1.54, 1.807) is 12.1 Å². The smallest absolute Gasteiger partial charge is 0.319 e. The third kappa shape index (κ3) is 10.3. The number of likely N-dealkylation sites (N-methyl/N-ethyl adjacent to an activating group) is 1. The van der Waals surface area contributed by atoms with Gasteiger partial charge in [0, 0.05) is 36.8 Å². The Morgan fingerprint density at radius 3 is 2.11 bits per heavy atom. The maximum absolute atomic E-state index is 12.9. The molecule has 0 spiro atoms. The van der Waals surface area contributed by atoms with E-state index in [4.69, 9.17) is 14.2 Å². The van der Waals surface area contributed by atoms with Crippen LogP contribution in [0.15, 0.2) is 158 Å². The molecule has 0 saturated carbocycles. The summed E-state index contributed by atoms with van der Waals surface area (Å²) in [5.74, 6) is 1.42. The summed E-state index contributed by atoms with van der Waals surface area (Å²) in [7, 11) is 2.01. The van der Waals surface area contributed by atoms with Crippen LogP contribution < -0.4 is 15.4 Å². The molecule has 1 saturated heterocycles. The number of ether oxygens (including phenoxy) is 3. The molecule has 0 aliphatic carbocycles. The number of nitrogens with zero attached hydrogens (tertiary/aromatic N) is 1. The van der Waals surface area contributed by atoms with Crippen molar-refractivity contribution in [1.82, 2.24) is 10.2 Å². The van der Waals surface area contributed by atoms with Gasteiger partial charge in [0.05, 0.1) is 24.9 Å². The number of para-hydroxylation sites is 1. The zero-order chi connectivity index (χ0) is 39.6. The number of hydrogen-bond acceptors (Lipinski definition) is 7. The maximum atomic E-state index is 12.9. The highest BCUT2D eigenvalue weighted by molar-refractivity contribution is 5.89.